The van der Waals surface area contributed by atoms with E-state index < -0.39 is 16.1 Å². The molecule has 2 aromatic rings. The fourth-order valence-corrected chi connectivity index (χ4v) is 4.04. The van der Waals surface area contributed by atoms with E-state index in [1.165, 1.54) is 36.4 Å². The first kappa shape index (κ1) is 19.4. The Kier molecular flexibility index (Phi) is 5.54. The zero-order valence-electron chi connectivity index (χ0n) is 13.4. The third-order valence-electron chi connectivity index (χ3n) is 3.71. The highest BCUT2D eigenvalue weighted by Crippen LogP contribution is 2.37. The summed E-state index contributed by atoms with van der Waals surface area (Å²) in [6.07, 6.45) is 1.40. The molecule has 0 saturated carbocycles. The van der Waals surface area contributed by atoms with Crippen LogP contribution in [0.25, 0.3) is 6.08 Å². The lowest BCUT2D eigenvalue weighted by Crippen LogP contribution is -2.27. The highest BCUT2D eigenvalue weighted by atomic mass is 79.9. The van der Waals surface area contributed by atoms with Gasteiger partial charge < -0.3 is 5.11 Å². The highest BCUT2D eigenvalue weighted by Gasteiger charge is 2.35. The lowest BCUT2D eigenvalue weighted by Gasteiger charge is -2.12. The van der Waals surface area contributed by atoms with Gasteiger partial charge in [0.1, 0.15) is 5.75 Å². The van der Waals surface area contributed by atoms with Gasteiger partial charge in [0.25, 0.3) is 16.8 Å². The maximum Gasteiger partial charge on any atom is 0.293 e. The minimum absolute atomic E-state index is 0.00871. The van der Waals surface area contributed by atoms with Crippen molar-refractivity contribution in [1.29, 1.82) is 0 Å². The molecule has 3 rings (SSSR count). The first-order valence-corrected chi connectivity index (χ1v) is 9.41. The molecule has 0 unspecified atom stereocenters. The van der Waals surface area contributed by atoms with Crippen LogP contribution >= 0.6 is 39.3 Å². The van der Waals surface area contributed by atoms with Gasteiger partial charge in [-0.1, -0.05) is 39.7 Å². The van der Waals surface area contributed by atoms with Crippen LogP contribution in [0.15, 0.2) is 45.8 Å². The number of rotatable bonds is 4. The summed E-state index contributed by atoms with van der Waals surface area (Å²) in [5.74, 6) is -0.708. The fraction of sp³-hybridized carbons (Fsp3) is 0.0588. The van der Waals surface area contributed by atoms with Gasteiger partial charge in [0.05, 0.1) is 21.4 Å². The number of carbonyl (C=O) groups excluding carboxylic acids is 2. The minimum Gasteiger partial charge on any atom is -0.506 e. The number of non-ortho nitro benzene ring substituents is 1. The molecule has 1 heterocycles. The molecule has 1 aliphatic rings. The summed E-state index contributed by atoms with van der Waals surface area (Å²) < 4.78 is 0.613. The molecule has 0 radical (unpaired) electrons. The second kappa shape index (κ2) is 7.71. The van der Waals surface area contributed by atoms with Crippen LogP contribution in [0.5, 0.6) is 5.75 Å². The van der Waals surface area contributed by atoms with Crippen LogP contribution in [-0.4, -0.2) is 26.1 Å². The molecule has 138 valence electrons. The number of halogens is 2. The summed E-state index contributed by atoms with van der Waals surface area (Å²) in [5.41, 5.74) is 0.808. The van der Waals surface area contributed by atoms with Crippen molar-refractivity contribution in [2.45, 2.75) is 6.54 Å². The number of nitrogens with zero attached hydrogens (tertiary/aromatic N) is 2. The number of phenolic OH excluding ortho intramolecular Hbond substituents is 1. The molecule has 7 nitrogen and oxygen atoms in total. The molecule has 1 fully saturated rings. The van der Waals surface area contributed by atoms with Crippen LogP contribution in [0.4, 0.5) is 10.5 Å². The summed E-state index contributed by atoms with van der Waals surface area (Å²) in [6, 6.07) is 8.69. The molecule has 1 saturated heterocycles. The fourth-order valence-electron chi connectivity index (χ4n) is 2.38. The Hall–Kier alpha value is -2.36. The third kappa shape index (κ3) is 4.15. The van der Waals surface area contributed by atoms with Crippen molar-refractivity contribution in [3.05, 3.63) is 72.0 Å². The number of aromatic hydroxyl groups is 1. The van der Waals surface area contributed by atoms with Crippen LogP contribution < -0.4 is 0 Å². The first-order chi connectivity index (χ1) is 12.8. The Morgan fingerprint density at radius 3 is 2.56 bits per heavy atom. The summed E-state index contributed by atoms with van der Waals surface area (Å²) in [6.45, 7) is -0.00871. The Morgan fingerprint density at radius 2 is 1.93 bits per heavy atom. The molecule has 0 aromatic heterocycles. The standard InChI is InChI=1S/C17H10BrClN2O5S/c18-11-5-10(15(22)13(19)7-11)6-14-16(23)20(17(24)27-14)8-9-1-3-12(4-2-9)21(25)26/h1-7,22H,8H2/b14-6-. The summed E-state index contributed by atoms with van der Waals surface area (Å²) >= 11 is 9.91. The molecule has 0 bridgehead atoms. The molecule has 10 heteroatoms. The average molecular weight is 470 g/mol. The number of carbonyl (C=O) groups is 2. The van der Waals surface area contributed by atoms with E-state index in [2.05, 4.69) is 15.9 Å². The van der Waals surface area contributed by atoms with Crippen molar-refractivity contribution in [3.8, 4) is 5.75 Å². The van der Waals surface area contributed by atoms with E-state index in [-0.39, 0.29) is 27.9 Å². The van der Waals surface area contributed by atoms with E-state index in [9.17, 15) is 24.8 Å². The number of nitro benzene ring substituents is 1. The lowest BCUT2D eigenvalue weighted by atomic mass is 10.1. The average Bonchev–Trinajstić information content (AvgIpc) is 2.87. The molecule has 2 aromatic carbocycles. The Bertz CT molecular complexity index is 994. The molecule has 1 aliphatic heterocycles. The van der Waals surface area contributed by atoms with Gasteiger partial charge in [-0.25, -0.2) is 0 Å². The molecule has 0 aliphatic carbocycles. The van der Waals surface area contributed by atoms with Crippen molar-refractivity contribution >= 4 is 62.2 Å². The predicted octanol–water partition coefficient (Wildman–Crippen LogP) is 4.95. The number of nitro groups is 1. The topological polar surface area (TPSA) is 101 Å². The van der Waals surface area contributed by atoms with Crippen molar-refractivity contribution in [3.63, 3.8) is 0 Å². The second-order valence-electron chi connectivity index (χ2n) is 5.52. The number of benzene rings is 2. The zero-order chi connectivity index (χ0) is 19.7. The number of hydrogen-bond acceptors (Lipinski definition) is 6. The summed E-state index contributed by atoms with van der Waals surface area (Å²) in [5, 5.41) is 20.4. The van der Waals surface area contributed by atoms with E-state index >= 15 is 0 Å². The van der Waals surface area contributed by atoms with E-state index in [0.717, 1.165) is 16.7 Å². The molecule has 0 spiro atoms. The van der Waals surface area contributed by atoms with Crippen molar-refractivity contribution in [1.82, 2.24) is 4.90 Å². The van der Waals surface area contributed by atoms with Gasteiger partial charge in [0.2, 0.25) is 0 Å². The Balaban J connectivity index is 1.84. The molecule has 2 amide bonds. The van der Waals surface area contributed by atoms with Gasteiger partial charge in [0, 0.05) is 22.2 Å². The number of thioether (sulfide) groups is 1. The number of amides is 2. The maximum absolute atomic E-state index is 12.6. The van der Waals surface area contributed by atoms with Gasteiger partial charge >= 0.3 is 0 Å². The zero-order valence-corrected chi connectivity index (χ0v) is 16.5. The van der Waals surface area contributed by atoms with Crippen LogP contribution in [0.1, 0.15) is 11.1 Å². The van der Waals surface area contributed by atoms with E-state index in [1.807, 2.05) is 0 Å². The highest BCUT2D eigenvalue weighted by molar-refractivity contribution is 9.10. The largest absolute Gasteiger partial charge is 0.506 e. The summed E-state index contributed by atoms with van der Waals surface area (Å²) in [4.78, 5) is 36.1. The number of phenols is 1. The monoisotopic (exact) mass is 468 g/mol. The third-order valence-corrected chi connectivity index (χ3v) is 5.36. The smallest absolute Gasteiger partial charge is 0.293 e. The van der Waals surface area contributed by atoms with Crippen molar-refractivity contribution in [2.24, 2.45) is 0 Å². The van der Waals surface area contributed by atoms with Crippen LogP contribution in [0.3, 0.4) is 0 Å². The quantitative estimate of drug-likeness (QED) is 0.386. The second-order valence-corrected chi connectivity index (χ2v) is 7.83. The molecule has 0 atom stereocenters. The van der Waals surface area contributed by atoms with Crippen LogP contribution in [-0.2, 0) is 11.3 Å². The predicted molar refractivity (Wildman–Crippen MR) is 105 cm³/mol. The SMILES string of the molecule is O=C1S/C(=C\c2cc(Br)cc(Cl)c2O)C(=O)N1Cc1ccc([N+](=O)[O-])cc1. The van der Waals surface area contributed by atoms with Crippen molar-refractivity contribution < 1.29 is 19.6 Å². The minimum atomic E-state index is -0.526. The molecule has 27 heavy (non-hydrogen) atoms. The van der Waals surface area contributed by atoms with E-state index in [4.69, 9.17) is 11.6 Å². The van der Waals surface area contributed by atoms with Gasteiger partial charge in [0.15, 0.2) is 0 Å². The van der Waals surface area contributed by atoms with Crippen LogP contribution in [0, 0.1) is 10.1 Å². The van der Waals surface area contributed by atoms with Gasteiger partial charge in [-0.3, -0.25) is 24.6 Å². The number of imide groups is 1. The number of hydrogen-bond donors (Lipinski definition) is 1. The van der Waals surface area contributed by atoms with E-state index in [0.29, 0.717) is 15.6 Å². The first-order valence-electron chi connectivity index (χ1n) is 7.43. The van der Waals surface area contributed by atoms with Gasteiger partial charge in [-0.15, -0.1) is 0 Å². The molecular weight excluding hydrogens is 460 g/mol. The normalized spacial score (nSPS) is 15.6. The lowest BCUT2D eigenvalue weighted by molar-refractivity contribution is -0.384. The Labute approximate surface area is 170 Å². The van der Waals surface area contributed by atoms with Crippen molar-refractivity contribution in [2.75, 3.05) is 0 Å². The summed E-state index contributed by atoms with van der Waals surface area (Å²) in [7, 11) is 0. The van der Waals surface area contributed by atoms with E-state index in [1.54, 1.807) is 6.07 Å². The van der Waals surface area contributed by atoms with Gasteiger partial charge in [-0.2, -0.15) is 0 Å². The van der Waals surface area contributed by atoms with Gasteiger partial charge in [-0.05, 0) is 35.5 Å². The molecule has 1 N–H and O–H groups in total. The Morgan fingerprint density at radius 1 is 1.26 bits per heavy atom. The molecular formula is C17H10BrClN2O5S. The van der Waals surface area contributed by atoms with Crippen LogP contribution in [0.2, 0.25) is 5.02 Å². The maximum atomic E-state index is 12.6.